The highest BCUT2D eigenvalue weighted by atomic mass is 16.5. The minimum atomic E-state index is -0.709. The predicted molar refractivity (Wildman–Crippen MR) is 55.0 cm³/mol. The third-order valence-electron chi connectivity index (χ3n) is 2.02. The summed E-state index contributed by atoms with van der Waals surface area (Å²) in [5, 5.41) is 12.4. The molecule has 2 heterocycles. The Labute approximate surface area is 90.5 Å². The summed E-state index contributed by atoms with van der Waals surface area (Å²) in [5.41, 5.74) is 7.29. The number of carbonyl (C=O) groups excluding carboxylic acids is 1. The van der Waals surface area contributed by atoms with E-state index in [2.05, 4.69) is 10.1 Å². The normalized spacial score (nSPS) is 10.1. The number of hydroxylamine groups is 1. The molecule has 0 radical (unpaired) electrons. The SMILES string of the molecule is Nc1c(C(=O)NO)cnn1-c1ccccn1. The van der Waals surface area contributed by atoms with E-state index < -0.39 is 5.91 Å². The molecule has 0 unspecified atom stereocenters. The van der Waals surface area contributed by atoms with Gasteiger partial charge in [-0.25, -0.2) is 10.5 Å². The van der Waals surface area contributed by atoms with Crippen LogP contribution in [0.4, 0.5) is 5.82 Å². The minimum absolute atomic E-state index is 0.0909. The number of hydrogen-bond acceptors (Lipinski definition) is 5. The topological polar surface area (TPSA) is 106 Å². The van der Waals surface area contributed by atoms with Crippen LogP contribution in [0, 0.1) is 0 Å². The Bertz CT molecular complexity index is 508. The number of nitrogens with zero attached hydrogens (tertiary/aromatic N) is 3. The molecule has 7 heteroatoms. The van der Waals surface area contributed by atoms with Crippen molar-refractivity contribution in [3.63, 3.8) is 0 Å². The van der Waals surface area contributed by atoms with Gasteiger partial charge in [0.05, 0.1) is 6.20 Å². The highest BCUT2D eigenvalue weighted by Gasteiger charge is 2.15. The number of carbonyl (C=O) groups is 1. The van der Waals surface area contributed by atoms with E-state index in [0.717, 1.165) is 0 Å². The molecule has 0 fully saturated rings. The molecule has 0 spiro atoms. The molecule has 7 nitrogen and oxygen atoms in total. The molecule has 2 rings (SSSR count). The van der Waals surface area contributed by atoms with Crippen LogP contribution in [0.5, 0.6) is 0 Å². The molecular formula is C9H9N5O2. The summed E-state index contributed by atoms with van der Waals surface area (Å²) >= 11 is 0. The molecule has 0 aliphatic heterocycles. The van der Waals surface area contributed by atoms with Crippen LogP contribution < -0.4 is 11.2 Å². The molecule has 0 saturated carbocycles. The number of aromatic nitrogens is 3. The lowest BCUT2D eigenvalue weighted by Gasteiger charge is -2.02. The number of nitrogen functional groups attached to an aromatic ring is 1. The van der Waals surface area contributed by atoms with E-state index in [1.165, 1.54) is 16.4 Å². The first kappa shape index (κ1) is 10.1. The molecule has 0 saturated heterocycles. The van der Waals surface area contributed by atoms with Gasteiger partial charge in [-0.1, -0.05) is 6.07 Å². The Balaban J connectivity index is 2.45. The summed E-state index contributed by atoms with van der Waals surface area (Å²) in [6, 6.07) is 5.23. The lowest BCUT2D eigenvalue weighted by atomic mass is 10.3. The zero-order valence-electron chi connectivity index (χ0n) is 8.16. The van der Waals surface area contributed by atoms with Crippen molar-refractivity contribution in [1.29, 1.82) is 0 Å². The lowest BCUT2D eigenvalue weighted by molar-refractivity contribution is 0.0707. The van der Waals surface area contributed by atoms with Gasteiger partial charge < -0.3 is 5.73 Å². The molecule has 0 aliphatic rings. The Hall–Kier alpha value is -2.41. The monoisotopic (exact) mass is 219 g/mol. The number of amides is 1. The standard InChI is InChI=1S/C9H9N5O2/c10-8-6(9(15)13-16)5-12-14(8)7-3-1-2-4-11-7/h1-5,16H,10H2,(H,13,15). The van der Waals surface area contributed by atoms with Gasteiger partial charge in [-0.05, 0) is 12.1 Å². The van der Waals surface area contributed by atoms with Crippen molar-refractivity contribution in [2.75, 3.05) is 5.73 Å². The number of nitrogens with two attached hydrogens (primary N) is 1. The summed E-state index contributed by atoms with van der Waals surface area (Å²) < 4.78 is 1.31. The summed E-state index contributed by atoms with van der Waals surface area (Å²) in [6.07, 6.45) is 2.85. The molecule has 82 valence electrons. The van der Waals surface area contributed by atoms with Gasteiger partial charge >= 0.3 is 0 Å². The number of rotatable bonds is 2. The first-order valence-corrected chi connectivity index (χ1v) is 4.43. The van der Waals surface area contributed by atoms with Crippen LogP contribution in [0.15, 0.2) is 30.6 Å². The third kappa shape index (κ3) is 1.59. The largest absolute Gasteiger partial charge is 0.383 e. The fourth-order valence-corrected chi connectivity index (χ4v) is 1.25. The summed E-state index contributed by atoms with van der Waals surface area (Å²) in [6.45, 7) is 0. The van der Waals surface area contributed by atoms with Gasteiger partial charge in [0.2, 0.25) is 0 Å². The maximum atomic E-state index is 11.2. The van der Waals surface area contributed by atoms with Crippen LogP contribution in [-0.2, 0) is 0 Å². The first-order valence-electron chi connectivity index (χ1n) is 4.43. The highest BCUT2D eigenvalue weighted by molar-refractivity contribution is 5.97. The quantitative estimate of drug-likeness (QED) is 0.485. The van der Waals surface area contributed by atoms with E-state index in [-0.39, 0.29) is 11.4 Å². The minimum Gasteiger partial charge on any atom is -0.383 e. The maximum Gasteiger partial charge on any atom is 0.280 e. The molecule has 0 atom stereocenters. The van der Waals surface area contributed by atoms with Crippen molar-refractivity contribution in [2.45, 2.75) is 0 Å². The number of anilines is 1. The Morgan fingerprint density at radius 1 is 1.50 bits per heavy atom. The van der Waals surface area contributed by atoms with Crippen molar-refractivity contribution in [2.24, 2.45) is 0 Å². The van der Waals surface area contributed by atoms with E-state index in [9.17, 15) is 4.79 Å². The van der Waals surface area contributed by atoms with E-state index in [1.54, 1.807) is 24.4 Å². The van der Waals surface area contributed by atoms with E-state index in [4.69, 9.17) is 10.9 Å². The molecule has 0 aromatic carbocycles. The van der Waals surface area contributed by atoms with E-state index in [0.29, 0.717) is 5.82 Å². The van der Waals surface area contributed by atoms with Crippen molar-refractivity contribution in [3.8, 4) is 5.82 Å². The number of hydrogen-bond donors (Lipinski definition) is 3. The maximum absolute atomic E-state index is 11.2. The summed E-state index contributed by atoms with van der Waals surface area (Å²) in [7, 11) is 0. The lowest BCUT2D eigenvalue weighted by Crippen LogP contribution is -2.19. The van der Waals surface area contributed by atoms with Gasteiger partial charge in [0.25, 0.3) is 5.91 Å². The van der Waals surface area contributed by atoms with Crippen LogP contribution in [0.1, 0.15) is 10.4 Å². The first-order chi connectivity index (χ1) is 7.74. The van der Waals surface area contributed by atoms with Gasteiger partial charge in [-0.2, -0.15) is 9.78 Å². The predicted octanol–water partition coefficient (Wildman–Crippen LogP) is -0.0315. The second-order valence-electron chi connectivity index (χ2n) is 2.98. The fraction of sp³-hybridized carbons (Fsp3) is 0. The van der Waals surface area contributed by atoms with Gasteiger partial charge in [0.15, 0.2) is 5.82 Å². The zero-order valence-corrected chi connectivity index (χ0v) is 8.16. The molecule has 4 N–H and O–H groups in total. The third-order valence-corrected chi connectivity index (χ3v) is 2.02. The second kappa shape index (κ2) is 3.99. The summed E-state index contributed by atoms with van der Waals surface area (Å²) in [5.74, 6) is -0.0954. The summed E-state index contributed by atoms with van der Waals surface area (Å²) in [4.78, 5) is 15.2. The number of nitrogens with one attached hydrogen (secondary N) is 1. The smallest absolute Gasteiger partial charge is 0.280 e. The Kier molecular flexibility index (Phi) is 2.52. The van der Waals surface area contributed by atoms with Crippen LogP contribution in [-0.4, -0.2) is 25.9 Å². The fourth-order valence-electron chi connectivity index (χ4n) is 1.25. The molecule has 2 aromatic rings. The average Bonchev–Trinajstić information content (AvgIpc) is 2.71. The zero-order chi connectivity index (χ0) is 11.5. The Morgan fingerprint density at radius 3 is 2.94 bits per heavy atom. The van der Waals surface area contributed by atoms with Gasteiger partial charge in [0, 0.05) is 6.20 Å². The second-order valence-corrected chi connectivity index (χ2v) is 2.98. The molecular weight excluding hydrogens is 210 g/mol. The van der Waals surface area contributed by atoms with Crippen molar-refractivity contribution >= 4 is 11.7 Å². The Morgan fingerprint density at radius 2 is 2.31 bits per heavy atom. The molecule has 0 aliphatic carbocycles. The van der Waals surface area contributed by atoms with Crippen LogP contribution in [0.3, 0.4) is 0 Å². The van der Waals surface area contributed by atoms with E-state index in [1.807, 2.05) is 0 Å². The van der Waals surface area contributed by atoms with Gasteiger partial charge in [-0.3, -0.25) is 10.0 Å². The van der Waals surface area contributed by atoms with Crippen molar-refractivity contribution in [1.82, 2.24) is 20.2 Å². The number of pyridine rings is 1. The molecule has 1 amide bonds. The van der Waals surface area contributed by atoms with E-state index >= 15 is 0 Å². The van der Waals surface area contributed by atoms with Crippen LogP contribution >= 0.6 is 0 Å². The van der Waals surface area contributed by atoms with Gasteiger partial charge in [-0.15, -0.1) is 0 Å². The highest BCUT2D eigenvalue weighted by Crippen LogP contribution is 2.14. The average molecular weight is 219 g/mol. The van der Waals surface area contributed by atoms with Crippen LogP contribution in [0.25, 0.3) is 5.82 Å². The van der Waals surface area contributed by atoms with Gasteiger partial charge in [0.1, 0.15) is 11.4 Å². The van der Waals surface area contributed by atoms with Crippen LogP contribution in [0.2, 0.25) is 0 Å². The van der Waals surface area contributed by atoms with Crippen molar-refractivity contribution < 1.29 is 10.0 Å². The van der Waals surface area contributed by atoms with Crippen molar-refractivity contribution in [3.05, 3.63) is 36.2 Å². The molecule has 0 bridgehead atoms. The molecule has 2 aromatic heterocycles. The molecule has 16 heavy (non-hydrogen) atoms.